The highest BCUT2D eigenvalue weighted by Crippen LogP contribution is 2.10. The molecule has 1 rings (SSSR count). The lowest BCUT2D eigenvalue weighted by Crippen LogP contribution is -2.28. The standard InChI is InChI=1S/C8H15N3OS/c1-3-7-8(13-11-10-7)4-9-6(2)5-12/h6,9,12H,3-5H2,1-2H3. The molecule has 0 bridgehead atoms. The SMILES string of the molecule is CCc1nnsc1CNC(C)CO. The molecular formula is C8H15N3OS. The van der Waals surface area contributed by atoms with Crippen molar-refractivity contribution in [3.63, 3.8) is 0 Å². The highest BCUT2D eigenvalue weighted by molar-refractivity contribution is 7.05. The van der Waals surface area contributed by atoms with E-state index in [1.165, 1.54) is 16.4 Å². The maximum atomic E-state index is 8.80. The molecule has 0 saturated heterocycles. The van der Waals surface area contributed by atoms with E-state index < -0.39 is 0 Å². The van der Waals surface area contributed by atoms with Gasteiger partial charge in [-0.3, -0.25) is 0 Å². The van der Waals surface area contributed by atoms with Crippen LogP contribution in [-0.2, 0) is 13.0 Å². The largest absolute Gasteiger partial charge is 0.395 e. The van der Waals surface area contributed by atoms with Crippen LogP contribution in [-0.4, -0.2) is 27.3 Å². The van der Waals surface area contributed by atoms with Crippen LogP contribution < -0.4 is 5.32 Å². The number of aromatic nitrogens is 2. The molecule has 1 unspecified atom stereocenters. The van der Waals surface area contributed by atoms with Crippen molar-refractivity contribution < 1.29 is 5.11 Å². The van der Waals surface area contributed by atoms with Gasteiger partial charge in [-0.25, -0.2) is 0 Å². The van der Waals surface area contributed by atoms with Gasteiger partial charge in [0.1, 0.15) is 0 Å². The summed E-state index contributed by atoms with van der Waals surface area (Å²) in [6, 6.07) is 0.131. The Kier molecular flexibility index (Phi) is 4.27. The van der Waals surface area contributed by atoms with Gasteiger partial charge in [0.2, 0.25) is 0 Å². The maximum Gasteiger partial charge on any atom is 0.0797 e. The average Bonchev–Trinajstić information content (AvgIpc) is 2.61. The van der Waals surface area contributed by atoms with E-state index in [1.807, 2.05) is 6.92 Å². The van der Waals surface area contributed by atoms with Gasteiger partial charge in [0.25, 0.3) is 0 Å². The summed E-state index contributed by atoms with van der Waals surface area (Å²) in [6.45, 7) is 4.92. The number of rotatable bonds is 5. The minimum atomic E-state index is 0.131. The molecule has 1 aromatic rings. The van der Waals surface area contributed by atoms with Crippen LogP contribution in [0, 0.1) is 0 Å². The molecule has 1 atom stereocenters. The number of nitrogens with one attached hydrogen (secondary N) is 1. The summed E-state index contributed by atoms with van der Waals surface area (Å²) in [5, 5.41) is 16.0. The van der Waals surface area contributed by atoms with Crippen LogP contribution in [0.3, 0.4) is 0 Å². The Balaban J connectivity index is 2.44. The topological polar surface area (TPSA) is 58.0 Å². The maximum absolute atomic E-state index is 8.80. The zero-order valence-electron chi connectivity index (χ0n) is 7.95. The van der Waals surface area contributed by atoms with E-state index in [0.29, 0.717) is 0 Å². The second kappa shape index (κ2) is 5.26. The first-order chi connectivity index (χ1) is 6.27. The zero-order chi connectivity index (χ0) is 9.68. The van der Waals surface area contributed by atoms with Gasteiger partial charge in [0, 0.05) is 12.6 Å². The van der Waals surface area contributed by atoms with Crippen LogP contribution in [0.5, 0.6) is 0 Å². The quantitative estimate of drug-likeness (QED) is 0.731. The molecule has 4 nitrogen and oxygen atoms in total. The van der Waals surface area contributed by atoms with Crippen LogP contribution in [0.25, 0.3) is 0 Å². The van der Waals surface area contributed by atoms with Crippen molar-refractivity contribution in [1.82, 2.24) is 14.9 Å². The molecule has 0 aliphatic rings. The normalized spacial score (nSPS) is 13.2. The Bertz CT molecular complexity index is 251. The van der Waals surface area contributed by atoms with Crippen LogP contribution in [0.4, 0.5) is 0 Å². The van der Waals surface area contributed by atoms with Crippen molar-refractivity contribution in [2.45, 2.75) is 32.9 Å². The summed E-state index contributed by atoms with van der Waals surface area (Å²) in [5.74, 6) is 0. The molecular weight excluding hydrogens is 186 g/mol. The van der Waals surface area contributed by atoms with E-state index in [2.05, 4.69) is 21.8 Å². The first-order valence-electron chi connectivity index (χ1n) is 4.42. The first-order valence-corrected chi connectivity index (χ1v) is 5.19. The molecule has 0 radical (unpaired) electrons. The van der Waals surface area contributed by atoms with Gasteiger partial charge in [-0.15, -0.1) is 5.10 Å². The molecule has 0 fully saturated rings. The lowest BCUT2D eigenvalue weighted by Gasteiger charge is -2.08. The summed E-state index contributed by atoms with van der Waals surface area (Å²) in [7, 11) is 0. The number of aliphatic hydroxyl groups excluding tert-OH is 1. The highest BCUT2D eigenvalue weighted by atomic mass is 32.1. The van der Waals surface area contributed by atoms with Gasteiger partial charge < -0.3 is 10.4 Å². The van der Waals surface area contributed by atoms with Gasteiger partial charge in [0.15, 0.2) is 0 Å². The summed E-state index contributed by atoms with van der Waals surface area (Å²) < 4.78 is 3.89. The van der Waals surface area contributed by atoms with Crippen molar-refractivity contribution >= 4 is 11.5 Å². The molecule has 0 spiro atoms. The molecule has 1 aromatic heterocycles. The number of hydrogen-bond donors (Lipinski definition) is 2. The predicted molar refractivity (Wildman–Crippen MR) is 52.7 cm³/mol. The van der Waals surface area contributed by atoms with Crippen LogP contribution >= 0.6 is 11.5 Å². The Morgan fingerprint density at radius 3 is 3.00 bits per heavy atom. The van der Waals surface area contributed by atoms with Gasteiger partial charge in [-0.2, -0.15) is 0 Å². The molecule has 1 heterocycles. The molecule has 0 saturated carbocycles. The van der Waals surface area contributed by atoms with Crippen molar-refractivity contribution in [2.75, 3.05) is 6.61 Å². The Morgan fingerprint density at radius 1 is 1.62 bits per heavy atom. The smallest absolute Gasteiger partial charge is 0.0797 e. The zero-order valence-corrected chi connectivity index (χ0v) is 8.77. The van der Waals surface area contributed by atoms with E-state index in [-0.39, 0.29) is 12.6 Å². The van der Waals surface area contributed by atoms with Crippen molar-refractivity contribution in [1.29, 1.82) is 0 Å². The third kappa shape index (κ3) is 3.02. The number of hydrogen-bond acceptors (Lipinski definition) is 5. The predicted octanol–water partition coefficient (Wildman–Crippen LogP) is 0.571. The molecule has 5 heteroatoms. The molecule has 2 N–H and O–H groups in total. The first kappa shape index (κ1) is 10.6. The fourth-order valence-electron chi connectivity index (χ4n) is 0.961. The van der Waals surface area contributed by atoms with E-state index in [0.717, 1.165) is 18.7 Å². The fourth-order valence-corrected chi connectivity index (χ4v) is 1.64. The van der Waals surface area contributed by atoms with Crippen LogP contribution in [0.2, 0.25) is 0 Å². The van der Waals surface area contributed by atoms with Crippen LogP contribution in [0.15, 0.2) is 0 Å². The monoisotopic (exact) mass is 201 g/mol. The van der Waals surface area contributed by atoms with Crippen molar-refractivity contribution in [2.24, 2.45) is 0 Å². The van der Waals surface area contributed by atoms with E-state index >= 15 is 0 Å². The lowest BCUT2D eigenvalue weighted by molar-refractivity contribution is 0.251. The van der Waals surface area contributed by atoms with Gasteiger partial charge in [-0.1, -0.05) is 11.4 Å². The minimum absolute atomic E-state index is 0.131. The van der Waals surface area contributed by atoms with E-state index in [9.17, 15) is 0 Å². The molecule has 74 valence electrons. The van der Waals surface area contributed by atoms with Gasteiger partial charge in [-0.05, 0) is 24.9 Å². The summed E-state index contributed by atoms with van der Waals surface area (Å²) in [6.07, 6.45) is 0.918. The summed E-state index contributed by atoms with van der Waals surface area (Å²) in [4.78, 5) is 1.17. The van der Waals surface area contributed by atoms with Crippen molar-refractivity contribution in [3.8, 4) is 0 Å². The van der Waals surface area contributed by atoms with E-state index in [4.69, 9.17) is 5.11 Å². The molecule has 13 heavy (non-hydrogen) atoms. The average molecular weight is 201 g/mol. The fraction of sp³-hybridized carbons (Fsp3) is 0.750. The van der Waals surface area contributed by atoms with E-state index in [1.54, 1.807) is 0 Å². The molecule has 0 aliphatic carbocycles. The second-order valence-corrected chi connectivity index (χ2v) is 3.80. The van der Waals surface area contributed by atoms with Gasteiger partial charge >= 0.3 is 0 Å². The van der Waals surface area contributed by atoms with Crippen molar-refractivity contribution in [3.05, 3.63) is 10.6 Å². The number of aliphatic hydroxyl groups is 1. The second-order valence-electron chi connectivity index (χ2n) is 2.96. The summed E-state index contributed by atoms with van der Waals surface area (Å²) in [5.41, 5.74) is 1.06. The Morgan fingerprint density at radius 2 is 2.38 bits per heavy atom. The third-order valence-electron chi connectivity index (χ3n) is 1.85. The third-order valence-corrected chi connectivity index (χ3v) is 2.62. The molecule has 0 amide bonds. The highest BCUT2D eigenvalue weighted by Gasteiger charge is 2.06. The Hall–Kier alpha value is -0.520. The summed E-state index contributed by atoms with van der Waals surface area (Å²) >= 11 is 1.42. The Labute approximate surface area is 82.2 Å². The minimum Gasteiger partial charge on any atom is -0.395 e. The molecule has 0 aromatic carbocycles. The van der Waals surface area contributed by atoms with Gasteiger partial charge in [0.05, 0.1) is 17.2 Å². The number of aryl methyl sites for hydroxylation is 1. The van der Waals surface area contributed by atoms with Crippen LogP contribution in [0.1, 0.15) is 24.4 Å². The lowest BCUT2D eigenvalue weighted by atomic mass is 10.3. The molecule has 0 aliphatic heterocycles. The number of nitrogens with zero attached hydrogens (tertiary/aromatic N) is 2.